The second-order valence-corrected chi connectivity index (χ2v) is 4.89. The van der Waals surface area contributed by atoms with E-state index in [4.69, 9.17) is 16.3 Å². The van der Waals surface area contributed by atoms with Gasteiger partial charge in [0.15, 0.2) is 0 Å². The second kappa shape index (κ2) is 3.84. The van der Waals surface area contributed by atoms with Gasteiger partial charge >= 0.3 is 0 Å². The summed E-state index contributed by atoms with van der Waals surface area (Å²) in [6, 6.07) is 1.69. The van der Waals surface area contributed by atoms with Crippen molar-refractivity contribution >= 4 is 27.5 Å². The van der Waals surface area contributed by atoms with Gasteiger partial charge in [-0.1, -0.05) is 11.6 Å². The molecular formula is C9H11BrClNO. The highest BCUT2D eigenvalue weighted by atomic mass is 79.9. The lowest BCUT2D eigenvalue weighted by atomic mass is 10.2. The molecule has 4 heteroatoms. The molecule has 0 saturated heterocycles. The average Bonchev–Trinajstić information content (AvgIpc) is 1.94. The molecule has 1 aromatic rings. The van der Waals surface area contributed by atoms with Gasteiger partial charge in [-0.3, -0.25) is 0 Å². The average molecular weight is 265 g/mol. The normalized spacial score (nSPS) is 11.5. The number of ether oxygens (including phenoxy) is 1. The van der Waals surface area contributed by atoms with Crippen molar-refractivity contribution in [3.05, 3.63) is 21.9 Å². The Kier molecular flexibility index (Phi) is 3.19. The van der Waals surface area contributed by atoms with Gasteiger partial charge in [-0.15, -0.1) is 0 Å². The van der Waals surface area contributed by atoms with Crippen molar-refractivity contribution in [3.63, 3.8) is 0 Å². The maximum absolute atomic E-state index is 5.73. The number of nitrogens with zero attached hydrogens (tertiary/aromatic N) is 1. The van der Waals surface area contributed by atoms with Crippen LogP contribution in [0.2, 0.25) is 5.15 Å². The summed E-state index contributed by atoms with van der Waals surface area (Å²) in [6.07, 6.45) is 1.63. The standard InChI is InChI=1S/C9H11BrClNO/c1-9(2,3)13-7-4-8(11)12-5-6(7)10/h4-5H,1-3H3. The largest absolute Gasteiger partial charge is 0.487 e. The molecule has 0 amide bonds. The van der Waals surface area contributed by atoms with E-state index in [-0.39, 0.29) is 5.60 Å². The lowest BCUT2D eigenvalue weighted by molar-refractivity contribution is 0.129. The monoisotopic (exact) mass is 263 g/mol. The fraction of sp³-hybridized carbons (Fsp3) is 0.444. The summed E-state index contributed by atoms with van der Waals surface area (Å²) in [5, 5.41) is 0.433. The first-order valence-corrected chi connectivity index (χ1v) is 5.06. The highest BCUT2D eigenvalue weighted by Gasteiger charge is 2.14. The van der Waals surface area contributed by atoms with Crippen molar-refractivity contribution in [2.75, 3.05) is 0 Å². The van der Waals surface area contributed by atoms with Crippen LogP contribution in [0, 0.1) is 0 Å². The van der Waals surface area contributed by atoms with E-state index < -0.39 is 0 Å². The molecule has 0 aromatic carbocycles. The Hall–Kier alpha value is -0.280. The van der Waals surface area contributed by atoms with Crippen LogP contribution in [-0.4, -0.2) is 10.6 Å². The first-order chi connectivity index (χ1) is 5.88. The third kappa shape index (κ3) is 3.53. The van der Waals surface area contributed by atoms with E-state index in [9.17, 15) is 0 Å². The first kappa shape index (κ1) is 10.8. The minimum atomic E-state index is -0.229. The molecule has 1 rings (SSSR count). The zero-order chi connectivity index (χ0) is 10.1. The summed E-state index contributed by atoms with van der Waals surface area (Å²) in [5.41, 5.74) is -0.229. The minimum Gasteiger partial charge on any atom is -0.487 e. The predicted molar refractivity (Wildman–Crippen MR) is 57.3 cm³/mol. The summed E-state index contributed by atoms with van der Waals surface area (Å²) in [4.78, 5) is 3.91. The molecule has 0 aliphatic heterocycles. The maximum Gasteiger partial charge on any atom is 0.138 e. The Morgan fingerprint density at radius 1 is 1.46 bits per heavy atom. The first-order valence-electron chi connectivity index (χ1n) is 3.88. The maximum atomic E-state index is 5.73. The van der Waals surface area contributed by atoms with Crippen molar-refractivity contribution in [3.8, 4) is 5.75 Å². The lowest BCUT2D eigenvalue weighted by Gasteiger charge is -2.21. The smallest absolute Gasteiger partial charge is 0.138 e. The van der Waals surface area contributed by atoms with Crippen molar-refractivity contribution in [2.24, 2.45) is 0 Å². The van der Waals surface area contributed by atoms with E-state index in [1.807, 2.05) is 20.8 Å². The van der Waals surface area contributed by atoms with E-state index >= 15 is 0 Å². The fourth-order valence-corrected chi connectivity index (χ4v) is 1.25. The molecule has 0 aliphatic rings. The summed E-state index contributed by atoms with van der Waals surface area (Å²) in [5.74, 6) is 0.715. The number of hydrogen-bond acceptors (Lipinski definition) is 2. The number of pyridine rings is 1. The van der Waals surface area contributed by atoms with Gasteiger partial charge in [0.1, 0.15) is 16.5 Å². The van der Waals surface area contributed by atoms with Gasteiger partial charge in [0.2, 0.25) is 0 Å². The predicted octanol–water partition coefficient (Wildman–Crippen LogP) is 3.67. The lowest BCUT2D eigenvalue weighted by Crippen LogP contribution is -2.23. The van der Waals surface area contributed by atoms with Crippen molar-refractivity contribution in [1.29, 1.82) is 0 Å². The van der Waals surface area contributed by atoms with Gasteiger partial charge in [-0.25, -0.2) is 4.98 Å². The number of hydrogen-bond donors (Lipinski definition) is 0. The zero-order valence-corrected chi connectivity index (χ0v) is 10.1. The number of halogens is 2. The van der Waals surface area contributed by atoms with Gasteiger partial charge in [0.25, 0.3) is 0 Å². The van der Waals surface area contributed by atoms with Crippen LogP contribution < -0.4 is 4.74 Å². The molecule has 2 nitrogen and oxygen atoms in total. The Bertz CT molecular complexity index is 309. The van der Waals surface area contributed by atoms with Crippen LogP contribution in [-0.2, 0) is 0 Å². The van der Waals surface area contributed by atoms with E-state index in [1.54, 1.807) is 12.3 Å². The molecule has 0 atom stereocenters. The van der Waals surface area contributed by atoms with Gasteiger partial charge in [0.05, 0.1) is 4.47 Å². The van der Waals surface area contributed by atoms with Gasteiger partial charge in [-0.05, 0) is 36.7 Å². The molecule has 0 saturated carbocycles. The molecule has 13 heavy (non-hydrogen) atoms. The highest BCUT2D eigenvalue weighted by Crippen LogP contribution is 2.29. The minimum absolute atomic E-state index is 0.229. The van der Waals surface area contributed by atoms with Gasteiger partial charge < -0.3 is 4.74 Å². The van der Waals surface area contributed by atoms with Crippen molar-refractivity contribution in [2.45, 2.75) is 26.4 Å². The second-order valence-electron chi connectivity index (χ2n) is 3.65. The van der Waals surface area contributed by atoms with E-state index in [2.05, 4.69) is 20.9 Å². The number of rotatable bonds is 1. The molecule has 72 valence electrons. The van der Waals surface area contributed by atoms with Crippen LogP contribution >= 0.6 is 27.5 Å². The van der Waals surface area contributed by atoms with E-state index in [0.717, 1.165) is 4.47 Å². The topological polar surface area (TPSA) is 22.1 Å². The fourth-order valence-electron chi connectivity index (χ4n) is 0.804. The van der Waals surface area contributed by atoms with Crippen LogP contribution in [0.15, 0.2) is 16.7 Å². The Labute approximate surface area is 91.4 Å². The molecule has 0 fully saturated rings. The highest BCUT2D eigenvalue weighted by molar-refractivity contribution is 9.10. The molecule has 1 aromatic heterocycles. The molecule has 0 aliphatic carbocycles. The number of aromatic nitrogens is 1. The Morgan fingerprint density at radius 2 is 2.08 bits per heavy atom. The van der Waals surface area contributed by atoms with Gasteiger partial charge in [-0.2, -0.15) is 0 Å². The van der Waals surface area contributed by atoms with Crippen molar-refractivity contribution in [1.82, 2.24) is 4.98 Å². The van der Waals surface area contributed by atoms with Gasteiger partial charge in [0, 0.05) is 12.3 Å². The third-order valence-electron chi connectivity index (χ3n) is 1.20. The quantitative estimate of drug-likeness (QED) is 0.722. The molecule has 1 heterocycles. The SMILES string of the molecule is CC(C)(C)Oc1cc(Cl)ncc1Br. The third-order valence-corrected chi connectivity index (χ3v) is 2.01. The molecule has 0 unspecified atom stereocenters. The molecule has 0 bridgehead atoms. The van der Waals surface area contributed by atoms with E-state index in [1.165, 1.54) is 0 Å². The van der Waals surface area contributed by atoms with Crippen LogP contribution in [0.4, 0.5) is 0 Å². The van der Waals surface area contributed by atoms with Crippen LogP contribution in [0.25, 0.3) is 0 Å². The molecule has 0 spiro atoms. The van der Waals surface area contributed by atoms with Crippen molar-refractivity contribution < 1.29 is 4.74 Å². The molecule has 0 radical (unpaired) electrons. The Morgan fingerprint density at radius 3 is 2.62 bits per heavy atom. The van der Waals surface area contributed by atoms with E-state index in [0.29, 0.717) is 10.9 Å². The Balaban J connectivity index is 2.94. The summed E-state index contributed by atoms with van der Waals surface area (Å²) in [7, 11) is 0. The van der Waals surface area contributed by atoms with Crippen LogP contribution in [0.3, 0.4) is 0 Å². The summed E-state index contributed by atoms with van der Waals surface area (Å²) < 4.78 is 6.45. The summed E-state index contributed by atoms with van der Waals surface area (Å²) in [6.45, 7) is 5.94. The molecule has 0 N–H and O–H groups in total. The zero-order valence-electron chi connectivity index (χ0n) is 7.77. The van der Waals surface area contributed by atoms with Crippen LogP contribution in [0.5, 0.6) is 5.75 Å². The molecular weight excluding hydrogens is 253 g/mol. The summed E-state index contributed by atoms with van der Waals surface area (Å²) >= 11 is 9.07. The van der Waals surface area contributed by atoms with Crippen LogP contribution in [0.1, 0.15) is 20.8 Å².